The Balaban J connectivity index is 2.46. The minimum atomic E-state index is 1.07. The smallest absolute Gasteiger partial charge is 0.0379 e. The zero-order chi connectivity index (χ0) is 9.26. The van der Waals surface area contributed by atoms with Gasteiger partial charge in [-0.25, -0.2) is 0 Å². The second-order valence-corrected chi connectivity index (χ2v) is 4.38. The maximum atomic E-state index is 4.18. The molecule has 2 rings (SSSR count). The summed E-state index contributed by atoms with van der Waals surface area (Å²) < 4.78 is 0. The van der Waals surface area contributed by atoms with E-state index in [9.17, 15) is 0 Å². The summed E-state index contributed by atoms with van der Waals surface area (Å²) in [6.45, 7) is 4.15. The molecule has 2 aromatic rings. The van der Waals surface area contributed by atoms with Crippen molar-refractivity contribution in [3.8, 4) is 10.4 Å². The van der Waals surface area contributed by atoms with Crippen molar-refractivity contribution in [3.63, 3.8) is 0 Å². The van der Waals surface area contributed by atoms with Gasteiger partial charge in [0.1, 0.15) is 0 Å². The fourth-order valence-corrected chi connectivity index (χ4v) is 2.15. The fraction of sp³-hybridized carbons (Fsp3) is 0.182. The van der Waals surface area contributed by atoms with Crippen LogP contribution >= 0.6 is 11.3 Å². The quantitative estimate of drug-likeness (QED) is 0.669. The summed E-state index contributed by atoms with van der Waals surface area (Å²) in [5.74, 6) is 0. The highest BCUT2D eigenvalue weighted by Gasteiger charge is 1.99. The Hall–Kier alpha value is -1.15. The number of thiophene rings is 1. The molecule has 0 fully saturated rings. The van der Waals surface area contributed by atoms with Crippen molar-refractivity contribution in [3.05, 3.63) is 41.0 Å². The molecule has 0 aliphatic carbocycles. The van der Waals surface area contributed by atoms with Gasteiger partial charge in [-0.05, 0) is 43.7 Å². The van der Waals surface area contributed by atoms with Crippen LogP contribution in [0.4, 0.5) is 0 Å². The van der Waals surface area contributed by atoms with E-state index < -0.39 is 0 Å². The second kappa shape index (κ2) is 3.30. The Kier molecular flexibility index (Phi) is 2.15. The first-order chi connectivity index (χ1) is 6.25. The number of hydrogen-bond donors (Lipinski definition) is 0. The summed E-state index contributed by atoms with van der Waals surface area (Å²) in [4.78, 5) is 6.85. The van der Waals surface area contributed by atoms with E-state index >= 15 is 0 Å². The Labute approximate surface area is 82.1 Å². The molecule has 0 aromatic carbocycles. The Bertz CT molecular complexity index is 418. The Morgan fingerprint density at radius 1 is 1.15 bits per heavy atom. The van der Waals surface area contributed by atoms with Gasteiger partial charge in [0.25, 0.3) is 0 Å². The number of nitrogens with zero attached hydrogens (tertiary/aromatic N) is 1. The van der Waals surface area contributed by atoms with Gasteiger partial charge in [0.15, 0.2) is 0 Å². The lowest BCUT2D eigenvalue weighted by atomic mass is 10.2. The third-order valence-electron chi connectivity index (χ3n) is 1.92. The summed E-state index contributed by atoms with van der Waals surface area (Å²) in [6, 6.07) is 8.48. The molecular formula is C11H11NS. The predicted molar refractivity (Wildman–Crippen MR) is 57.0 cm³/mol. The van der Waals surface area contributed by atoms with Gasteiger partial charge < -0.3 is 0 Å². The molecule has 0 amide bonds. The fourth-order valence-electron chi connectivity index (χ4n) is 1.29. The number of aryl methyl sites for hydroxylation is 2. The van der Waals surface area contributed by atoms with Crippen LogP contribution in [0.1, 0.15) is 10.6 Å². The van der Waals surface area contributed by atoms with Gasteiger partial charge >= 0.3 is 0 Å². The van der Waals surface area contributed by atoms with Crippen LogP contribution in [0.5, 0.6) is 0 Å². The standard InChI is InChI=1S/C11H11NS/c1-8-7-10(5-6-12-8)11-4-3-9(2)13-11/h3-7H,1-2H3. The van der Waals surface area contributed by atoms with Crippen LogP contribution in [0.25, 0.3) is 10.4 Å². The van der Waals surface area contributed by atoms with Crippen molar-refractivity contribution in [1.29, 1.82) is 0 Å². The first-order valence-electron chi connectivity index (χ1n) is 4.25. The molecule has 0 spiro atoms. The van der Waals surface area contributed by atoms with Crippen LogP contribution < -0.4 is 0 Å². The molecule has 0 atom stereocenters. The van der Waals surface area contributed by atoms with E-state index in [0.717, 1.165) is 5.69 Å². The molecule has 0 unspecified atom stereocenters. The first-order valence-corrected chi connectivity index (χ1v) is 5.07. The normalized spacial score (nSPS) is 10.3. The predicted octanol–water partition coefficient (Wildman–Crippen LogP) is 3.43. The zero-order valence-corrected chi connectivity index (χ0v) is 8.56. The minimum absolute atomic E-state index is 1.07. The highest BCUT2D eigenvalue weighted by Crippen LogP contribution is 2.27. The largest absolute Gasteiger partial charge is 0.262 e. The molecule has 0 saturated carbocycles. The molecule has 66 valence electrons. The number of rotatable bonds is 1. The van der Waals surface area contributed by atoms with Crippen LogP contribution in [-0.2, 0) is 0 Å². The van der Waals surface area contributed by atoms with Crippen molar-refractivity contribution in [1.82, 2.24) is 4.98 Å². The summed E-state index contributed by atoms with van der Waals surface area (Å²) >= 11 is 1.82. The summed E-state index contributed by atoms with van der Waals surface area (Å²) in [5, 5.41) is 0. The third-order valence-corrected chi connectivity index (χ3v) is 2.97. The monoisotopic (exact) mass is 189 g/mol. The molecular weight excluding hydrogens is 178 g/mol. The molecule has 0 N–H and O–H groups in total. The molecule has 2 heteroatoms. The molecule has 1 nitrogen and oxygen atoms in total. The molecule has 0 saturated heterocycles. The van der Waals surface area contributed by atoms with Crippen molar-refractivity contribution < 1.29 is 0 Å². The molecule has 0 radical (unpaired) electrons. The summed E-state index contributed by atoms with van der Waals surface area (Å²) in [7, 11) is 0. The Morgan fingerprint density at radius 2 is 2.00 bits per heavy atom. The van der Waals surface area contributed by atoms with E-state index in [1.807, 2.05) is 24.5 Å². The van der Waals surface area contributed by atoms with Crippen molar-refractivity contribution in [2.75, 3.05) is 0 Å². The third kappa shape index (κ3) is 1.78. The molecule has 13 heavy (non-hydrogen) atoms. The summed E-state index contributed by atoms with van der Waals surface area (Å²) in [6.07, 6.45) is 1.86. The highest BCUT2D eigenvalue weighted by molar-refractivity contribution is 7.15. The van der Waals surface area contributed by atoms with Crippen LogP contribution in [-0.4, -0.2) is 4.98 Å². The maximum Gasteiger partial charge on any atom is 0.0379 e. The van der Waals surface area contributed by atoms with Crippen molar-refractivity contribution in [2.24, 2.45) is 0 Å². The lowest BCUT2D eigenvalue weighted by Gasteiger charge is -1.97. The van der Waals surface area contributed by atoms with E-state index in [-0.39, 0.29) is 0 Å². The topological polar surface area (TPSA) is 12.9 Å². The minimum Gasteiger partial charge on any atom is -0.262 e. The number of hydrogen-bond acceptors (Lipinski definition) is 2. The van der Waals surface area contributed by atoms with Crippen LogP contribution in [0.2, 0.25) is 0 Å². The molecule has 2 heterocycles. The van der Waals surface area contributed by atoms with Gasteiger partial charge in [-0.3, -0.25) is 4.98 Å². The Morgan fingerprint density at radius 3 is 2.62 bits per heavy atom. The SMILES string of the molecule is Cc1cc(-c2ccc(C)s2)ccn1. The van der Waals surface area contributed by atoms with Crippen LogP contribution in [0, 0.1) is 13.8 Å². The molecule has 2 aromatic heterocycles. The second-order valence-electron chi connectivity index (χ2n) is 3.10. The molecule has 0 aliphatic rings. The lowest BCUT2D eigenvalue weighted by Crippen LogP contribution is -1.79. The van der Waals surface area contributed by atoms with E-state index in [4.69, 9.17) is 0 Å². The van der Waals surface area contributed by atoms with Crippen molar-refractivity contribution in [2.45, 2.75) is 13.8 Å². The van der Waals surface area contributed by atoms with Crippen molar-refractivity contribution >= 4 is 11.3 Å². The van der Waals surface area contributed by atoms with Gasteiger partial charge in [0.2, 0.25) is 0 Å². The zero-order valence-electron chi connectivity index (χ0n) is 7.74. The van der Waals surface area contributed by atoms with Gasteiger partial charge in [0, 0.05) is 21.6 Å². The van der Waals surface area contributed by atoms with E-state index in [1.165, 1.54) is 15.3 Å². The number of aromatic nitrogens is 1. The number of pyridine rings is 1. The van der Waals surface area contributed by atoms with Gasteiger partial charge in [-0.15, -0.1) is 11.3 Å². The average molecular weight is 189 g/mol. The van der Waals surface area contributed by atoms with Gasteiger partial charge in [-0.2, -0.15) is 0 Å². The van der Waals surface area contributed by atoms with Gasteiger partial charge in [-0.1, -0.05) is 0 Å². The van der Waals surface area contributed by atoms with E-state index in [1.54, 1.807) is 0 Å². The van der Waals surface area contributed by atoms with Gasteiger partial charge in [0.05, 0.1) is 0 Å². The van der Waals surface area contributed by atoms with Crippen LogP contribution in [0.15, 0.2) is 30.5 Å². The molecule has 0 aliphatic heterocycles. The van der Waals surface area contributed by atoms with E-state index in [2.05, 4.69) is 36.2 Å². The maximum absolute atomic E-state index is 4.18. The highest BCUT2D eigenvalue weighted by atomic mass is 32.1. The average Bonchev–Trinajstić information content (AvgIpc) is 2.52. The molecule has 0 bridgehead atoms. The van der Waals surface area contributed by atoms with Crippen LogP contribution in [0.3, 0.4) is 0 Å². The first kappa shape index (κ1) is 8.45. The summed E-state index contributed by atoms with van der Waals surface area (Å²) in [5.41, 5.74) is 2.34. The lowest BCUT2D eigenvalue weighted by molar-refractivity contribution is 1.20. The van der Waals surface area contributed by atoms with E-state index in [0.29, 0.717) is 0 Å².